The molecule has 0 amide bonds. The number of ketones is 1. The van der Waals surface area contributed by atoms with Gasteiger partial charge >= 0.3 is 0 Å². The Bertz CT molecular complexity index is 529. The van der Waals surface area contributed by atoms with Gasteiger partial charge in [-0.1, -0.05) is 6.92 Å². The lowest BCUT2D eigenvalue weighted by atomic mass is 10.1. The zero-order valence-electron chi connectivity index (χ0n) is 10.6. The monoisotopic (exact) mass is 244 g/mol. The summed E-state index contributed by atoms with van der Waals surface area (Å²) < 4.78 is 7.05. The third-order valence-electron chi connectivity index (χ3n) is 2.64. The van der Waals surface area contributed by atoms with Crippen molar-refractivity contribution in [3.05, 3.63) is 47.8 Å². The molecule has 1 heterocycles. The van der Waals surface area contributed by atoms with Crippen LogP contribution in [0.4, 0.5) is 0 Å². The molecule has 0 aliphatic carbocycles. The molecule has 2 aromatic rings. The van der Waals surface area contributed by atoms with Crippen molar-refractivity contribution in [1.82, 2.24) is 9.78 Å². The molecular weight excluding hydrogens is 228 g/mol. The normalized spacial score (nSPS) is 10.3. The Kier molecular flexibility index (Phi) is 3.77. The topological polar surface area (TPSA) is 44.1 Å². The number of carbonyl (C=O) groups excluding carboxylic acids is 1. The fourth-order valence-electron chi connectivity index (χ4n) is 1.67. The van der Waals surface area contributed by atoms with E-state index in [2.05, 4.69) is 12.0 Å². The molecule has 0 saturated carbocycles. The largest absolute Gasteiger partial charge is 0.494 e. The highest BCUT2D eigenvalue weighted by Crippen LogP contribution is 2.15. The van der Waals surface area contributed by atoms with Crippen LogP contribution in [-0.2, 0) is 7.05 Å². The second-order valence-electron chi connectivity index (χ2n) is 4.04. The van der Waals surface area contributed by atoms with Crippen LogP contribution >= 0.6 is 0 Å². The van der Waals surface area contributed by atoms with E-state index in [1.165, 1.54) is 0 Å². The van der Waals surface area contributed by atoms with E-state index in [9.17, 15) is 4.79 Å². The minimum absolute atomic E-state index is 0.0305. The molecule has 0 atom stereocenters. The summed E-state index contributed by atoms with van der Waals surface area (Å²) in [5.41, 5.74) is 1.22. The van der Waals surface area contributed by atoms with Gasteiger partial charge in [0, 0.05) is 18.8 Å². The number of benzene rings is 1. The minimum Gasteiger partial charge on any atom is -0.494 e. The first-order valence-electron chi connectivity index (χ1n) is 5.98. The first kappa shape index (κ1) is 12.4. The summed E-state index contributed by atoms with van der Waals surface area (Å²) in [7, 11) is 1.76. The summed E-state index contributed by atoms with van der Waals surface area (Å²) in [4.78, 5) is 12.2. The number of aryl methyl sites for hydroxylation is 1. The first-order valence-corrected chi connectivity index (χ1v) is 5.98. The standard InChI is InChI=1S/C14H16N2O2/c1-3-10-18-12-6-4-11(5-7-12)14(17)13-8-9-15-16(13)2/h4-9H,3,10H2,1-2H3. The number of ether oxygens (including phenoxy) is 1. The molecule has 0 aliphatic rings. The van der Waals surface area contributed by atoms with Crippen molar-refractivity contribution in [3.63, 3.8) is 0 Å². The summed E-state index contributed by atoms with van der Waals surface area (Å²) >= 11 is 0. The molecule has 1 aromatic heterocycles. The zero-order chi connectivity index (χ0) is 13.0. The van der Waals surface area contributed by atoms with Crippen molar-refractivity contribution < 1.29 is 9.53 Å². The van der Waals surface area contributed by atoms with Gasteiger partial charge in [-0.15, -0.1) is 0 Å². The van der Waals surface area contributed by atoms with Gasteiger partial charge in [0.05, 0.1) is 6.61 Å². The van der Waals surface area contributed by atoms with Gasteiger partial charge in [-0.05, 0) is 36.8 Å². The van der Waals surface area contributed by atoms with Crippen LogP contribution in [0, 0.1) is 0 Å². The Morgan fingerprint density at radius 2 is 2.00 bits per heavy atom. The van der Waals surface area contributed by atoms with Gasteiger partial charge in [0.25, 0.3) is 0 Å². The Hall–Kier alpha value is -2.10. The van der Waals surface area contributed by atoms with Gasteiger partial charge in [0.15, 0.2) is 0 Å². The highest BCUT2D eigenvalue weighted by molar-refractivity contribution is 6.07. The summed E-state index contributed by atoms with van der Waals surface area (Å²) in [5.74, 6) is 0.760. The Morgan fingerprint density at radius 1 is 1.28 bits per heavy atom. The van der Waals surface area contributed by atoms with Gasteiger partial charge in [-0.25, -0.2) is 0 Å². The second kappa shape index (κ2) is 5.49. The van der Waals surface area contributed by atoms with Crippen LogP contribution in [0.25, 0.3) is 0 Å². The predicted octanol–water partition coefficient (Wildman–Crippen LogP) is 2.44. The summed E-state index contributed by atoms with van der Waals surface area (Å²) in [6, 6.07) is 8.91. The van der Waals surface area contributed by atoms with Crippen LogP contribution < -0.4 is 4.74 Å². The van der Waals surface area contributed by atoms with Crippen LogP contribution in [0.3, 0.4) is 0 Å². The molecule has 0 saturated heterocycles. The second-order valence-corrected chi connectivity index (χ2v) is 4.04. The Morgan fingerprint density at radius 3 is 2.56 bits per heavy atom. The molecule has 1 aromatic carbocycles. The SMILES string of the molecule is CCCOc1ccc(C(=O)c2ccnn2C)cc1. The lowest BCUT2D eigenvalue weighted by Gasteiger charge is -2.05. The summed E-state index contributed by atoms with van der Waals surface area (Å²) in [6.07, 6.45) is 2.58. The van der Waals surface area contributed by atoms with Gasteiger partial charge in [-0.2, -0.15) is 5.10 Å². The summed E-state index contributed by atoms with van der Waals surface area (Å²) in [5, 5.41) is 3.99. The van der Waals surface area contributed by atoms with Crippen molar-refractivity contribution in [2.45, 2.75) is 13.3 Å². The van der Waals surface area contributed by atoms with Crippen molar-refractivity contribution in [3.8, 4) is 5.75 Å². The quantitative estimate of drug-likeness (QED) is 0.759. The third-order valence-corrected chi connectivity index (χ3v) is 2.64. The van der Waals surface area contributed by atoms with E-state index in [-0.39, 0.29) is 5.78 Å². The van der Waals surface area contributed by atoms with E-state index < -0.39 is 0 Å². The van der Waals surface area contributed by atoms with E-state index in [0.717, 1.165) is 12.2 Å². The van der Waals surface area contributed by atoms with Crippen molar-refractivity contribution in [2.75, 3.05) is 6.61 Å². The average molecular weight is 244 g/mol. The van der Waals surface area contributed by atoms with Gasteiger partial charge in [0.1, 0.15) is 11.4 Å². The van der Waals surface area contributed by atoms with Gasteiger partial charge in [0.2, 0.25) is 5.78 Å². The maximum atomic E-state index is 12.2. The van der Waals surface area contributed by atoms with E-state index in [1.807, 2.05) is 12.1 Å². The van der Waals surface area contributed by atoms with Crippen LogP contribution in [-0.4, -0.2) is 22.2 Å². The molecule has 2 rings (SSSR count). The molecule has 18 heavy (non-hydrogen) atoms. The molecule has 94 valence electrons. The molecule has 0 spiro atoms. The maximum absolute atomic E-state index is 12.2. The first-order chi connectivity index (χ1) is 8.72. The number of nitrogens with zero attached hydrogens (tertiary/aromatic N) is 2. The van der Waals surface area contributed by atoms with Crippen LogP contribution in [0.1, 0.15) is 29.4 Å². The van der Waals surface area contributed by atoms with Crippen molar-refractivity contribution in [2.24, 2.45) is 7.05 Å². The molecule has 0 unspecified atom stereocenters. The molecule has 4 heteroatoms. The van der Waals surface area contributed by atoms with E-state index in [0.29, 0.717) is 17.9 Å². The van der Waals surface area contributed by atoms with Gasteiger partial charge < -0.3 is 4.74 Å². The molecule has 4 nitrogen and oxygen atoms in total. The average Bonchev–Trinajstić information content (AvgIpc) is 2.82. The minimum atomic E-state index is -0.0305. The van der Waals surface area contributed by atoms with E-state index in [4.69, 9.17) is 4.74 Å². The smallest absolute Gasteiger partial charge is 0.211 e. The Balaban J connectivity index is 2.15. The number of rotatable bonds is 5. The lowest BCUT2D eigenvalue weighted by molar-refractivity contribution is 0.103. The fourth-order valence-corrected chi connectivity index (χ4v) is 1.67. The van der Waals surface area contributed by atoms with Crippen molar-refractivity contribution in [1.29, 1.82) is 0 Å². The van der Waals surface area contributed by atoms with Crippen LogP contribution in [0.2, 0.25) is 0 Å². The third kappa shape index (κ3) is 2.59. The molecule has 0 N–H and O–H groups in total. The highest BCUT2D eigenvalue weighted by Gasteiger charge is 2.12. The molecular formula is C14H16N2O2. The van der Waals surface area contributed by atoms with Crippen LogP contribution in [0.15, 0.2) is 36.5 Å². The van der Waals surface area contributed by atoms with E-state index >= 15 is 0 Å². The van der Waals surface area contributed by atoms with Gasteiger partial charge in [-0.3, -0.25) is 9.48 Å². The predicted molar refractivity (Wildman–Crippen MR) is 68.9 cm³/mol. The molecule has 0 radical (unpaired) electrons. The number of hydrogen-bond donors (Lipinski definition) is 0. The Labute approximate surface area is 106 Å². The zero-order valence-corrected chi connectivity index (χ0v) is 10.6. The fraction of sp³-hybridized carbons (Fsp3) is 0.286. The molecule has 0 aliphatic heterocycles. The highest BCUT2D eigenvalue weighted by atomic mass is 16.5. The summed E-state index contributed by atoms with van der Waals surface area (Å²) in [6.45, 7) is 2.75. The maximum Gasteiger partial charge on any atom is 0.211 e. The lowest BCUT2D eigenvalue weighted by Crippen LogP contribution is -2.08. The molecule has 0 bridgehead atoms. The van der Waals surface area contributed by atoms with E-state index in [1.54, 1.807) is 36.1 Å². The number of carbonyl (C=O) groups is 1. The number of aromatic nitrogens is 2. The number of hydrogen-bond acceptors (Lipinski definition) is 3. The van der Waals surface area contributed by atoms with Crippen LogP contribution in [0.5, 0.6) is 5.75 Å². The molecule has 0 fully saturated rings. The van der Waals surface area contributed by atoms with Crippen molar-refractivity contribution >= 4 is 5.78 Å².